The lowest BCUT2D eigenvalue weighted by molar-refractivity contribution is -0.146. The number of aryl methyl sites for hydroxylation is 1. The molecule has 2 amide bonds. The van der Waals surface area contributed by atoms with Crippen LogP contribution in [0, 0.1) is 40.9 Å². The van der Waals surface area contributed by atoms with Crippen LogP contribution in [0.15, 0.2) is 29.1 Å². The number of aromatic nitrogens is 1. The van der Waals surface area contributed by atoms with Crippen LogP contribution in [-0.2, 0) is 16.0 Å². The van der Waals surface area contributed by atoms with Crippen LogP contribution >= 0.6 is 0 Å². The highest BCUT2D eigenvalue weighted by molar-refractivity contribution is 5.90. The van der Waals surface area contributed by atoms with E-state index in [1.54, 1.807) is 18.0 Å². The van der Waals surface area contributed by atoms with Gasteiger partial charge in [-0.05, 0) is 53.2 Å². The van der Waals surface area contributed by atoms with Gasteiger partial charge in [0.05, 0.1) is 6.07 Å². The number of rotatable bonds is 5. The van der Waals surface area contributed by atoms with Gasteiger partial charge in [0.1, 0.15) is 12.1 Å². The first-order valence-electron chi connectivity index (χ1n) is 12.3. The molecular formula is C28H36N4O3. The summed E-state index contributed by atoms with van der Waals surface area (Å²) in [6.07, 6.45) is 0.492. The number of pyridine rings is 1. The standard InChI is InChI=1S/C28H36N4O3/c1-16-8-9-21-17(10-16)11-18(25(34)30-21)12-19(14-29)31(7)26(35)24-23-20(28(23,5)6)15-32(24)22(33)13-27(2,3)4/h8-11,19-20,23-24H,12-13,15H2,1-7H3,(H,30,34)/t19?,20?,23?,24-/m0/s1. The average molecular weight is 477 g/mol. The number of likely N-dealkylation sites (N-methyl/N-ethyl adjacent to an activating group) is 1. The number of benzene rings is 1. The Morgan fingerprint density at radius 2 is 1.97 bits per heavy atom. The molecule has 1 aliphatic heterocycles. The summed E-state index contributed by atoms with van der Waals surface area (Å²) < 4.78 is 0. The average Bonchev–Trinajstić information content (AvgIpc) is 3.09. The van der Waals surface area contributed by atoms with E-state index in [-0.39, 0.29) is 40.5 Å². The molecule has 1 aromatic heterocycles. The summed E-state index contributed by atoms with van der Waals surface area (Å²) in [5.41, 5.74) is 1.84. The first-order valence-corrected chi connectivity index (χ1v) is 12.3. The zero-order valence-corrected chi connectivity index (χ0v) is 21.8. The van der Waals surface area contributed by atoms with Gasteiger partial charge in [-0.25, -0.2) is 0 Å². The van der Waals surface area contributed by atoms with Crippen LogP contribution < -0.4 is 5.56 Å². The summed E-state index contributed by atoms with van der Waals surface area (Å²) in [5, 5.41) is 10.9. The van der Waals surface area contributed by atoms with Gasteiger partial charge in [0.2, 0.25) is 11.8 Å². The fourth-order valence-corrected chi connectivity index (χ4v) is 5.74. The second-order valence-electron chi connectivity index (χ2n) is 12.2. The molecule has 35 heavy (non-hydrogen) atoms. The smallest absolute Gasteiger partial charge is 0.251 e. The maximum absolute atomic E-state index is 13.8. The monoisotopic (exact) mass is 476 g/mol. The maximum atomic E-state index is 13.8. The number of amides is 2. The van der Waals surface area contributed by atoms with Crippen LogP contribution in [-0.4, -0.2) is 52.3 Å². The minimum Gasteiger partial charge on any atom is -0.330 e. The predicted molar refractivity (Wildman–Crippen MR) is 136 cm³/mol. The summed E-state index contributed by atoms with van der Waals surface area (Å²) in [6.45, 7) is 12.9. The first-order chi connectivity index (χ1) is 16.2. The van der Waals surface area contributed by atoms with Crippen molar-refractivity contribution in [2.45, 2.75) is 66.5 Å². The molecule has 7 heteroatoms. The normalized spacial score (nSPS) is 23.5. The van der Waals surface area contributed by atoms with E-state index in [1.807, 2.05) is 45.9 Å². The number of carbonyl (C=O) groups is 2. The van der Waals surface area contributed by atoms with Gasteiger partial charge in [0.25, 0.3) is 5.56 Å². The van der Waals surface area contributed by atoms with Gasteiger partial charge in [-0.1, -0.05) is 46.2 Å². The van der Waals surface area contributed by atoms with Crippen molar-refractivity contribution >= 4 is 22.7 Å². The van der Waals surface area contributed by atoms with Crippen LogP contribution in [0.3, 0.4) is 0 Å². The Balaban J connectivity index is 1.58. The van der Waals surface area contributed by atoms with Crippen molar-refractivity contribution in [3.8, 4) is 6.07 Å². The molecule has 0 radical (unpaired) electrons. The van der Waals surface area contributed by atoms with Crippen molar-refractivity contribution in [2.75, 3.05) is 13.6 Å². The molecule has 1 aliphatic carbocycles. The number of nitrogens with zero attached hydrogens (tertiary/aromatic N) is 3. The van der Waals surface area contributed by atoms with Crippen molar-refractivity contribution in [1.82, 2.24) is 14.8 Å². The Bertz CT molecular complexity index is 1280. The van der Waals surface area contributed by atoms with E-state index in [1.165, 1.54) is 4.90 Å². The van der Waals surface area contributed by atoms with E-state index in [4.69, 9.17) is 0 Å². The number of piperidine rings is 1. The third kappa shape index (κ3) is 4.59. The molecule has 186 valence electrons. The second kappa shape index (κ2) is 8.51. The molecule has 0 spiro atoms. The summed E-state index contributed by atoms with van der Waals surface area (Å²) in [4.78, 5) is 45.7. The Hall–Kier alpha value is -3.14. The summed E-state index contributed by atoms with van der Waals surface area (Å²) in [6, 6.07) is 8.43. The minimum absolute atomic E-state index is 0.00479. The zero-order valence-electron chi connectivity index (χ0n) is 21.8. The van der Waals surface area contributed by atoms with Crippen LogP contribution in [0.5, 0.6) is 0 Å². The van der Waals surface area contributed by atoms with E-state index in [0.29, 0.717) is 24.4 Å². The largest absolute Gasteiger partial charge is 0.330 e. The summed E-state index contributed by atoms with van der Waals surface area (Å²) in [7, 11) is 1.62. The molecule has 2 aromatic rings. The van der Waals surface area contributed by atoms with Crippen molar-refractivity contribution in [1.29, 1.82) is 5.26 Å². The van der Waals surface area contributed by atoms with Gasteiger partial charge in [0.15, 0.2) is 0 Å². The molecule has 1 aromatic carbocycles. The maximum Gasteiger partial charge on any atom is 0.251 e. The number of nitrogens with one attached hydrogen (secondary N) is 1. The van der Waals surface area contributed by atoms with Gasteiger partial charge in [0, 0.05) is 37.5 Å². The molecule has 4 rings (SSSR count). The predicted octanol–water partition coefficient (Wildman–Crippen LogP) is 3.65. The number of nitriles is 1. The lowest BCUT2D eigenvalue weighted by Gasteiger charge is -2.35. The van der Waals surface area contributed by atoms with E-state index < -0.39 is 12.1 Å². The molecule has 1 N–H and O–H groups in total. The van der Waals surface area contributed by atoms with Crippen molar-refractivity contribution in [3.63, 3.8) is 0 Å². The molecule has 2 aliphatic rings. The first kappa shape index (κ1) is 25.0. The van der Waals surface area contributed by atoms with Crippen molar-refractivity contribution < 1.29 is 9.59 Å². The minimum atomic E-state index is -0.814. The molecule has 1 saturated carbocycles. The fourth-order valence-electron chi connectivity index (χ4n) is 5.74. The highest BCUT2D eigenvalue weighted by Gasteiger charge is 2.69. The Labute approximate surface area is 207 Å². The number of hydrogen-bond donors (Lipinski definition) is 1. The molecular weight excluding hydrogens is 440 g/mol. The number of aromatic amines is 1. The van der Waals surface area contributed by atoms with Crippen LogP contribution in [0.25, 0.3) is 10.9 Å². The fraction of sp³-hybridized carbons (Fsp3) is 0.571. The van der Waals surface area contributed by atoms with Crippen molar-refractivity contribution in [2.24, 2.45) is 22.7 Å². The van der Waals surface area contributed by atoms with Crippen molar-refractivity contribution in [3.05, 3.63) is 45.7 Å². The molecule has 7 nitrogen and oxygen atoms in total. The topological polar surface area (TPSA) is 97.3 Å². The third-order valence-corrected chi connectivity index (χ3v) is 7.92. The van der Waals surface area contributed by atoms with Crippen LogP contribution in [0.4, 0.5) is 0 Å². The van der Waals surface area contributed by atoms with Gasteiger partial charge in [-0.2, -0.15) is 5.26 Å². The van der Waals surface area contributed by atoms with Crippen LogP contribution in [0.2, 0.25) is 0 Å². The molecule has 2 fully saturated rings. The van der Waals surface area contributed by atoms with E-state index >= 15 is 0 Å². The highest BCUT2D eigenvalue weighted by atomic mass is 16.2. The second-order valence-corrected chi connectivity index (χ2v) is 12.2. The lowest BCUT2D eigenvalue weighted by Crippen LogP contribution is -2.53. The third-order valence-electron chi connectivity index (χ3n) is 7.92. The van der Waals surface area contributed by atoms with Gasteiger partial charge in [-0.3, -0.25) is 14.4 Å². The Kier molecular flexibility index (Phi) is 6.07. The molecule has 0 bridgehead atoms. The SMILES string of the molecule is Cc1ccc2[nH]c(=O)c(CC(C#N)N(C)C(=O)[C@@H]3C4C(CN3C(=O)CC(C)(C)C)C4(C)C)cc2c1. The van der Waals surface area contributed by atoms with E-state index in [2.05, 4.69) is 24.9 Å². The van der Waals surface area contributed by atoms with Crippen LogP contribution in [0.1, 0.15) is 52.2 Å². The number of carbonyl (C=O) groups excluding carboxylic acids is 2. The molecule has 3 unspecified atom stereocenters. The number of likely N-dealkylation sites (tertiary alicyclic amines) is 1. The van der Waals surface area contributed by atoms with E-state index in [0.717, 1.165) is 16.5 Å². The zero-order chi connectivity index (χ0) is 25.9. The van der Waals surface area contributed by atoms with Gasteiger partial charge < -0.3 is 14.8 Å². The Morgan fingerprint density at radius 3 is 2.60 bits per heavy atom. The molecule has 1 saturated heterocycles. The summed E-state index contributed by atoms with van der Waals surface area (Å²) in [5.74, 6) is 0.153. The number of H-pyrrole nitrogens is 1. The summed E-state index contributed by atoms with van der Waals surface area (Å²) >= 11 is 0. The molecule has 4 atom stereocenters. The number of fused-ring (bicyclic) bond motifs is 2. The quantitative estimate of drug-likeness (QED) is 0.712. The van der Waals surface area contributed by atoms with Gasteiger partial charge in [-0.15, -0.1) is 0 Å². The highest BCUT2D eigenvalue weighted by Crippen LogP contribution is 2.65. The lowest BCUT2D eigenvalue weighted by atomic mass is 9.90. The number of hydrogen-bond acceptors (Lipinski definition) is 4. The van der Waals surface area contributed by atoms with Gasteiger partial charge >= 0.3 is 0 Å². The molecule has 2 heterocycles. The Morgan fingerprint density at radius 1 is 1.29 bits per heavy atom. The van der Waals surface area contributed by atoms with E-state index in [9.17, 15) is 19.6 Å².